The van der Waals surface area contributed by atoms with Gasteiger partial charge in [-0.05, 0) is 43.5 Å². The molecule has 1 atom stereocenters. The van der Waals surface area contributed by atoms with E-state index in [1.807, 2.05) is 35.1 Å². The Morgan fingerprint density at radius 3 is 2.62 bits per heavy atom. The lowest BCUT2D eigenvalue weighted by Gasteiger charge is -2.16. The Morgan fingerprint density at radius 2 is 1.84 bits per heavy atom. The second-order valence-electron chi connectivity index (χ2n) is 8.16. The largest absolute Gasteiger partial charge is 0.376 e. The molecule has 5 rings (SSSR count). The average Bonchev–Trinajstić information content (AvgIpc) is 3.03. The number of fused-ring (bicyclic) bond motifs is 1. The SMILES string of the molecule is Cc1ccc(-c2nc3cnn(C[C@H]4CC=CCCO4)c3cc2-c2ccc(C#N)cc2)cc1. The van der Waals surface area contributed by atoms with Crippen LogP contribution < -0.4 is 0 Å². The van der Waals surface area contributed by atoms with Crippen molar-refractivity contribution >= 4 is 11.0 Å². The van der Waals surface area contributed by atoms with Crippen molar-refractivity contribution in [1.29, 1.82) is 5.26 Å². The number of benzene rings is 2. The van der Waals surface area contributed by atoms with Crippen molar-refractivity contribution in [2.24, 2.45) is 0 Å². The molecule has 0 amide bonds. The number of nitriles is 1. The minimum Gasteiger partial charge on any atom is -0.376 e. The molecule has 4 aromatic rings. The molecule has 1 aliphatic heterocycles. The molecule has 0 bridgehead atoms. The highest BCUT2D eigenvalue weighted by Crippen LogP contribution is 2.34. The number of hydrogen-bond acceptors (Lipinski definition) is 4. The first kappa shape index (κ1) is 20.2. The molecule has 0 saturated carbocycles. The summed E-state index contributed by atoms with van der Waals surface area (Å²) in [5.74, 6) is 0. The van der Waals surface area contributed by atoms with Crippen LogP contribution in [0.25, 0.3) is 33.4 Å². The maximum absolute atomic E-state index is 9.19. The van der Waals surface area contributed by atoms with Gasteiger partial charge >= 0.3 is 0 Å². The van der Waals surface area contributed by atoms with Gasteiger partial charge in [0.25, 0.3) is 0 Å². The van der Waals surface area contributed by atoms with E-state index in [0.717, 1.165) is 52.9 Å². The van der Waals surface area contributed by atoms with E-state index in [9.17, 15) is 5.26 Å². The van der Waals surface area contributed by atoms with Gasteiger partial charge in [0, 0.05) is 11.1 Å². The van der Waals surface area contributed by atoms with E-state index >= 15 is 0 Å². The topological polar surface area (TPSA) is 63.7 Å². The number of hydrogen-bond donors (Lipinski definition) is 0. The van der Waals surface area contributed by atoms with Gasteiger partial charge in [0.1, 0.15) is 5.52 Å². The van der Waals surface area contributed by atoms with E-state index in [2.05, 4.69) is 60.6 Å². The van der Waals surface area contributed by atoms with E-state index in [1.54, 1.807) is 0 Å². The van der Waals surface area contributed by atoms with Crippen LogP contribution in [-0.2, 0) is 11.3 Å². The highest BCUT2D eigenvalue weighted by atomic mass is 16.5. The number of pyridine rings is 1. The van der Waals surface area contributed by atoms with Gasteiger partial charge in [0.2, 0.25) is 0 Å². The summed E-state index contributed by atoms with van der Waals surface area (Å²) in [6, 6.07) is 20.4. The molecule has 0 spiro atoms. The average molecular weight is 421 g/mol. The molecule has 0 saturated heterocycles. The maximum atomic E-state index is 9.19. The standard InChI is InChI=1S/C27H24N4O/c1-19-6-10-22(11-7-19)27-24(21-12-8-20(16-28)9-13-21)15-26-25(30-27)17-29-31(26)18-23-5-3-2-4-14-32-23/h2-3,6-13,15,17,23H,4-5,14,18H2,1H3/t23-/m1/s1. The smallest absolute Gasteiger partial charge is 0.109 e. The Hall–Kier alpha value is -3.75. The molecule has 0 radical (unpaired) electrons. The van der Waals surface area contributed by atoms with Crippen LogP contribution in [0.3, 0.4) is 0 Å². The zero-order chi connectivity index (χ0) is 21.9. The molecule has 1 aliphatic rings. The minimum absolute atomic E-state index is 0.104. The molecule has 158 valence electrons. The number of aryl methyl sites for hydroxylation is 1. The van der Waals surface area contributed by atoms with Gasteiger partial charge < -0.3 is 4.74 Å². The lowest BCUT2D eigenvalue weighted by atomic mass is 9.97. The predicted molar refractivity (Wildman–Crippen MR) is 126 cm³/mol. The Labute approximate surface area is 187 Å². The summed E-state index contributed by atoms with van der Waals surface area (Å²) >= 11 is 0. The van der Waals surface area contributed by atoms with Gasteiger partial charge in [-0.3, -0.25) is 4.68 Å². The quantitative estimate of drug-likeness (QED) is 0.398. The lowest BCUT2D eigenvalue weighted by molar-refractivity contribution is 0.0488. The zero-order valence-corrected chi connectivity index (χ0v) is 18.0. The van der Waals surface area contributed by atoms with Gasteiger partial charge in [0.05, 0.1) is 48.3 Å². The predicted octanol–water partition coefficient (Wildman–Crippen LogP) is 5.68. The van der Waals surface area contributed by atoms with Gasteiger partial charge in [0.15, 0.2) is 0 Å². The summed E-state index contributed by atoms with van der Waals surface area (Å²) in [6.45, 7) is 3.51. The fourth-order valence-corrected chi connectivity index (χ4v) is 4.08. The van der Waals surface area contributed by atoms with Crippen LogP contribution in [0.1, 0.15) is 24.0 Å². The molecule has 32 heavy (non-hydrogen) atoms. The van der Waals surface area contributed by atoms with Crippen molar-refractivity contribution in [2.75, 3.05) is 6.61 Å². The molecule has 3 heterocycles. The first-order valence-electron chi connectivity index (χ1n) is 10.9. The van der Waals surface area contributed by atoms with E-state index in [0.29, 0.717) is 12.1 Å². The van der Waals surface area contributed by atoms with Crippen LogP contribution in [0.4, 0.5) is 0 Å². The van der Waals surface area contributed by atoms with Crippen LogP contribution in [0, 0.1) is 18.3 Å². The van der Waals surface area contributed by atoms with Crippen LogP contribution in [0.2, 0.25) is 0 Å². The third kappa shape index (κ3) is 4.05. The molecule has 2 aromatic heterocycles. The molecule has 0 N–H and O–H groups in total. The van der Waals surface area contributed by atoms with Gasteiger partial charge in [-0.2, -0.15) is 10.4 Å². The summed E-state index contributed by atoms with van der Waals surface area (Å²) in [7, 11) is 0. The Bertz CT molecular complexity index is 1310. The van der Waals surface area contributed by atoms with E-state index in [1.165, 1.54) is 5.56 Å². The second-order valence-corrected chi connectivity index (χ2v) is 8.16. The number of ether oxygens (including phenoxy) is 1. The fourth-order valence-electron chi connectivity index (χ4n) is 4.08. The van der Waals surface area contributed by atoms with Crippen molar-refractivity contribution in [3.63, 3.8) is 0 Å². The molecular formula is C27H24N4O. The summed E-state index contributed by atoms with van der Waals surface area (Å²) in [4.78, 5) is 5.02. The third-order valence-electron chi connectivity index (χ3n) is 5.86. The van der Waals surface area contributed by atoms with Crippen LogP contribution in [-0.4, -0.2) is 27.5 Å². The highest BCUT2D eigenvalue weighted by molar-refractivity contribution is 5.90. The molecule has 5 nitrogen and oxygen atoms in total. The first-order valence-corrected chi connectivity index (χ1v) is 10.9. The van der Waals surface area contributed by atoms with Crippen molar-refractivity contribution < 1.29 is 4.74 Å². The van der Waals surface area contributed by atoms with Gasteiger partial charge in [-0.15, -0.1) is 0 Å². The van der Waals surface area contributed by atoms with Crippen LogP contribution in [0.15, 0.2) is 72.9 Å². The molecule has 5 heteroatoms. The number of nitrogens with zero attached hydrogens (tertiary/aromatic N) is 4. The van der Waals surface area contributed by atoms with Crippen molar-refractivity contribution in [3.05, 3.63) is 84.1 Å². The Kier molecular flexibility index (Phi) is 5.53. The molecule has 0 aliphatic carbocycles. The monoisotopic (exact) mass is 420 g/mol. The van der Waals surface area contributed by atoms with Crippen molar-refractivity contribution in [1.82, 2.24) is 14.8 Å². The van der Waals surface area contributed by atoms with E-state index < -0.39 is 0 Å². The number of aromatic nitrogens is 3. The van der Waals surface area contributed by atoms with Crippen LogP contribution in [0.5, 0.6) is 0 Å². The maximum Gasteiger partial charge on any atom is 0.109 e. The Balaban J connectivity index is 1.62. The van der Waals surface area contributed by atoms with Crippen LogP contribution >= 0.6 is 0 Å². The highest BCUT2D eigenvalue weighted by Gasteiger charge is 2.17. The zero-order valence-electron chi connectivity index (χ0n) is 18.0. The normalized spacial score (nSPS) is 16.1. The molecular weight excluding hydrogens is 396 g/mol. The van der Waals surface area contributed by atoms with Gasteiger partial charge in [-0.25, -0.2) is 4.98 Å². The summed E-state index contributed by atoms with van der Waals surface area (Å²) < 4.78 is 7.99. The second kappa shape index (κ2) is 8.78. The summed E-state index contributed by atoms with van der Waals surface area (Å²) in [5.41, 5.74) is 7.71. The first-order chi connectivity index (χ1) is 15.7. The summed E-state index contributed by atoms with van der Waals surface area (Å²) in [6.07, 6.45) is 8.16. The van der Waals surface area contributed by atoms with Crippen molar-refractivity contribution in [2.45, 2.75) is 32.4 Å². The lowest BCUT2D eigenvalue weighted by Crippen LogP contribution is -2.20. The van der Waals surface area contributed by atoms with E-state index in [4.69, 9.17) is 9.72 Å². The Morgan fingerprint density at radius 1 is 1.06 bits per heavy atom. The molecule has 2 aromatic carbocycles. The molecule has 0 unspecified atom stereocenters. The van der Waals surface area contributed by atoms with Crippen molar-refractivity contribution in [3.8, 4) is 28.5 Å². The van der Waals surface area contributed by atoms with Gasteiger partial charge in [-0.1, -0.05) is 54.1 Å². The molecule has 0 fully saturated rings. The third-order valence-corrected chi connectivity index (χ3v) is 5.86. The summed E-state index contributed by atoms with van der Waals surface area (Å²) in [5, 5.41) is 13.8. The number of rotatable bonds is 4. The fraction of sp³-hybridized carbons (Fsp3) is 0.222. The van der Waals surface area contributed by atoms with E-state index in [-0.39, 0.29) is 6.10 Å². The minimum atomic E-state index is 0.104.